The highest BCUT2D eigenvalue weighted by atomic mass is 16.4. The highest BCUT2D eigenvalue weighted by Crippen LogP contribution is 2.34. The summed E-state index contributed by atoms with van der Waals surface area (Å²) in [5.41, 5.74) is 3.66. The molecule has 3 rings (SSSR count). The summed E-state index contributed by atoms with van der Waals surface area (Å²) in [6.45, 7) is 7.71. The third kappa shape index (κ3) is 2.79. The maximum atomic E-state index is 13.0. The smallest absolute Gasteiger partial charge is 0.308 e. The summed E-state index contributed by atoms with van der Waals surface area (Å²) >= 11 is 0. The van der Waals surface area contributed by atoms with Gasteiger partial charge in [-0.2, -0.15) is 0 Å². The van der Waals surface area contributed by atoms with E-state index in [1.165, 1.54) is 0 Å². The molecule has 1 aliphatic rings. The van der Waals surface area contributed by atoms with E-state index in [2.05, 4.69) is 0 Å². The third-order valence-electron chi connectivity index (χ3n) is 4.82. The molecule has 2 aromatic rings. The van der Waals surface area contributed by atoms with Crippen LogP contribution in [0.15, 0.2) is 16.5 Å². The van der Waals surface area contributed by atoms with Crippen LogP contribution in [0, 0.1) is 26.7 Å². The van der Waals surface area contributed by atoms with Crippen molar-refractivity contribution in [3.63, 3.8) is 0 Å². The number of hydrogen-bond acceptors (Lipinski definition) is 3. The van der Waals surface area contributed by atoms with Crippen LogP contribution < -0.4 is 0 Å². The highest BCUT2D eigenvalue weighted by molar-refractivity contribution is 6.00. The van der Waals surface area contributed by atoms with Gasteiger partial charge in [-0.1, -0.05) is 19.1 Å². The van der Waals surface area contributed by atoms with Crippen molar-refractivity contribution in [2.45, 2.75) is 46.6 Å². The molecule has 1 fully saturated rings. The standard InChI is InChI=1S/C19H23NO4/c1-10-5-6-11(2)16-15(10)13(4)17(24-16)18(21)20(14-7-8-14)9-12(3)19(22)23/h5-6,12,14H,7-9H2,1-4H3,(H,22,23). The van der Waals surface area contributed by atoms with Crippen LogP contribution in [0.2, 0.25) is 0 Å². The van der Waals surface area contributed by atoms with Crippen molar-refractivity contribution in [2.24, 2.45) is 5.92 Å². The number of furan rings is 1. The minimum Gasteiger partial charge on any atom is -0.481 e. The SMILES string of the molecule is Cc1ccc(C)c2c(C)c(C(=O)N(CC(C)C(=O)O)C3CC3)oc12. The number of benzene rings is 1. The number of fused-ring (bicyclic) bond motifs is 1. The molecule has 0 aliphatic heterocycles. The summed E-state index contributed by atoms with van der Waals surface area (Å²) in [7, 11) is 0. The van der Waals surface area contributed by atoms with Gasteiger partial charge in [0.25, 0.3) is 5.91 Å². The first kappa shape index (κ1) is 16.6. The molecule has 1 aromatic carbocycles. The predicted molar refractivity (Wildman–Crippen MR) is 91.3 cm³/mol. The molecule has 24 heavy (non-hydrogen) atoms. The normalized spacial score (nSPS) is 15.5. The topological polar surface area (TPSA) is 70.8 Å². The van der Waals surface area contributed by atoms with Crippen molar-refractivity contribution in [2.75, 3.05) is 6.54 Å². The van der Waals surface area contributed by atoms with Crippen LogP contribution in [0.1, 0.15) is 47.0 Å². The lowest BCUT2D eigenvalue weighted by Crippen LogP contribution is -2.38. The number of aryl methyl sites for hydroxylation is 3. The average Bonchev–Trinajstić information content (AvgIpc) is 3.30. The summed E-state index contributed by atoms with van der Waals surface area (Å²) in [6.07, 6.45) is 1.85. The van der Waals surface area contributed by atoms with Crippen molar-refractivity contribution >= 4 is 22.8 Å². The van der Waals surface area contributed by atoms with E-state index in [0.717, 1.165) is 40.5 Å². The van der Waals surface area contributed by atoms with Gasteiger partial charge in [0, 0.05) is 23.5 Å². The Kier molecular flexibility index (Phi) is 4.11. The zero-order valence-electron chi connectivity index (χ0n) is 14.5. The molecule has 1 aromatic heterocycles. The molecular formula is C19H23NO4. The van der Waals surface area contributed by atoms with E-state index >= 15 is 0 Å². The number of rotatable bonds is 5. The van der Waals surface area contributed by atoms with Gasteiger partial charge < -0.3 is 14.4 Å². The molecule has 0 saturated heterocycles. The largest absolute Gasteiger partial charge is 0.481 e. The van der Waals surface area contributed by atoms with Crippen LogP contribution in [0.3, 0.4) is 0 Å². The van der Waals surface area contributed by atoms with Gasteiger partial charge in [0.2, 0.25) is 0 Å². The lowest BCUT2D eigenvalue weighted by atomic mass is 10.0. The molecule has 0 spiro atoms. The molecule has 5 nitrogen and oxygen atoms in total. The minimum atomic E-state index is -0.888. The van der Waals surface area contributed by atoms with Crippen LogP contribution in [0.4, 0.5) is 0 Å². The second kappa shape index (κ2) is 5.96. The number of hydrogen-bond donors (Lipinski definition) is 1. The summed E-state index contributed by atoms with van der Waals surface area (Å²) in [6, 6.07) is 4.15. The first-order valence-corrected chi connectivity index (χ1v) is 8.34. The van der Waals surface area contributed by atoms with Gasteiger partial charge in [-0.15, -0.1) is 0 Å². The fourth-order valence-corrected chi connectivity index (χ4v) is 3.17. The number of carbonyl (C=O) groups is 2. The van der Waals surface area contributed by atoms with Gasteiger partial charge in [-0.05, 0) is 44.7 Å². The monoisotopic (exact) mass is 329 g/mol. The molecule has 1 amide bonds. The van der Waals surface area contributed by atoms with Crippen molar-refractivity contribution in [1.29, 1.82) is 0 Å². The third-order valence-corrected chi connectivity index (χ3v) is 4.82. The number of nitrogens with zero attached hydrogens (tertiary/aromatic N) is 1. The summed E-state index contributed by atoms with van der Waals surface area (Å²) in [5, 5.41) is 10.2. The Morgan fingerprint density at radius 3 is 2.42 bits per heavy atom. The molecule has 1 saturated carbocycles. The van der Waals surface area contributed by atoms with Crippen LogP contribution >= 0.6 is 0 Å². The highest BCUT2D eigenvalue weighted by Gasteiger charge is 2.37. The fourth-order valence-electron chi connectivity index (χ4n) is 3.17. The first-order valence-electron chi connectivity index (χ1n) is 8.34. The number of amides is 1. The van der Waals surface area contributed by atoms with Crippen molar-refractivity contribution in [3.8, 4) is 0 Å². The molecule has 1 unspecified atom stereocenters. The van der Waals surface area contributed by atoms with Crippen molar-refractivity contribution in [1.82, 2.24) is 4.90 Å². The molecule has 0 bridgehead atoms. The van der Waals surface area contributed by atoms with Crippen molar-refractivity contribution in [3.05, 3.63) is 34.6 Å². The predicted octanol–water partition coefficient (Wildman–Crippen LogP) is 3.68. The van der Waals surface area contributed by atoms with Crippen LogP contribution in [-0.4, -0.2) is 34.5 Å². The molecule has 128 valence electrons. The average molecular weight is 329 g/mol. The Balaban J connectivity index is 2.00. The summed E-state index contributed by atoms with van der Waals surface area (Å²) in [5.74, 6) is -1.34. The first-order chi connectivity index (χ1) is 11.3. The van der Waals surface area contributed by atoms with E-state index < -0.39 is 11.9 Å². The summed E-state index contributed by atoms with van der Waals surface area (Å²) < 4.78 is 5.93. The van der Waals surface area contributed by atoms with E-state index in [-0.39, 0.29) is 18.5 Å². The Bertz CT molecular complexity index is 816. The Hall–Kier alpha value is -2.30. The number of carbonyl (C=O) groups excluding carboxylic acids is 1. The van der Waals surface area contributed by atoms with Crippen LogP contribution in [0.5, 0.6) is 0 Å². The van der Waals surface area contributed by atoms with Gasteiger partial charge in [0.15, 0.2) is 5.76 Å². The Morgan fingerprint density at radius 1 is 1.25 bits per heavy atom. The minimum absolute atomic E-state index is 0.133. The van der Waals surface area contributed by atoms with Crippen LogP contribution in [0.25, 0.3) is 11.0 Å². The second-order valence-electron chi connectivity index (χ2n) is 6.89. The van der Waals surface area contributed by atoms with Crippen molar-refractivity contribution < 1.29 is 19.1 Å². The zero-order chi connectivity index (χ0) is 17.6. The Morgan fingerprint density at radius 2 is 1.88 bits per heavy atom. The molecule has 0 radical (unpaired) electrons. The Labute approximate surface area is 141 Å². The lowest BCUT2D eigenvalue weighted by Gasteiger charge is -2.23. The van der Waals surface area contributed by atoms with Gasteiger partial charge in [0.05, 0.1) is 5.92 Å². The van der Waals surface area contributed by atoms with E-state index in [1.54, 1.807) is 11.8 Å². The molecule has 1 heterocycles. The molecule has 1 aliphatic carbocycles. The quantitative estimate of drug-likeness (QED) is 0.908. The molecule has 1 atom stereocenters. The number of aliphatic carboxylic acids is 1. The van der Waals surface area contributed by atoms with Crippen LogP contribution in [-0.2, 0) is 4.79 Å². The van der Waals surface area contributed by atoms with Gasteiger partial charge in [-0.25, -0.2) is 0 Å². The zero-order valence-corrected chi connectivity index (χ0v) is 14.5. The van der Waals surface area contributed by atoms with E-state index in [4.69, 9.17) is 9.52 Å². The number of carboxylic acids is 1. The lowest BCUT2D eigenvalue weighted by molar-refractivity contribution is -0.141. The maximum absolute atomic E-state index is 13.0. The van der Waals surface area contributed by atoms with E-state index in [9.17, 15) is 9.59 Å². The van der Waals surface area contributed by atoms with Gasteiger partial charge in [0.1, 0.15) is 5.58 Å². The van der Waals surface area contributed by atoms with E-state index in [1.807, 2.05) is 32.9 Å². The second-order valence-corrected chi connectivity index (χ2v) is 6.89. The number of carboxylic acid groups (broad SMARTS) is 1. The molecule has 5 heteroatoms. The fraction of sp³-hybridized carbons (Fsp3) is 0.474. The summed E-state index contributed by atoms with van der Waals surface area (Å²) in [4.78, 5) is 25.9. The maximum Gasteiger partial charge on any atom is 0.308 e. The van der Waals surface area contributed by atoms with E-state index in [0.29, 0.717) is 5.76 Å². The molecular weight excluding hydrogens is 306 g/mol. The molecule has 1 N–H and O–H groups in total. The van der Waals surface area contributed by atoms with Gasteiger partial charge >= 0.3 is 5.97 Å². The van der Waals surface area contributed by atoms with Gasteiger partial charge in [-0.3, -0.25) is 9.59 Å².